The van der Waals surface area contributed by atoms with Crippen LogP contribution >= 0.6 is 0 Å². The summed E-state index contributed by atoms with van der Waals surface area (Å²) in [7, 11) is 1.68. The van der Waals surface area contributed by atoms with Crippen LogP contribution in [-0.4, -0.2) is 26.4 Å². The number of fused-ring (bicyclic) bond motifs is 3. The van der Waals surface area contributed by atoms with Crippen molar-refractivity contribution in [2.45, 2.75) is 66.7 Å². The third-order valence-corrected chi connectivity index (χ3v) is 9.70. The van der Waals surface area contributed by atoms with Crippen molar-refractivity contribution in [3.8, 4) is 28.8 Å². The van der Waals surface area contributed by atoms with E-state index in [4.69, 9.17) is 19.6 Å². The van der Waals surface area contributed by atoms with Gasteiger partial charge in [-0.05, 0) is 86.9 Å². The molecule has 3 aromatic heterocycles. The van der Waals surface area contributed by atoms with Crippen molar-refractivity contribution in [2.24, 2.45) is 11.8 Å². The van der Waals surface area contributed by atoms with Crippen LogP contribution in [0.1, 0.15) is 75.4 Å². The normalized spacial score (nSPS) is 18.2. The Morgan fingerprint density at radius 3 is 2.38 bits per heavy atom. The maximum atomic E-state index is 6.65. The first-order valence-corrected chi connectivity index (χ1v) is 16.7. The Labute approximate surface area is 277 Å². The number of rotatable bonds is 7. The van der Waals surface area contributed by atoms with Gasteiger partial charge in [-0.2, -0.15) is 5.10 Å². The second-order valence-electron chi connectivity index (χ2n) is 13.7. The fraction of sp³-hybridized carbons (Fsp3) is 0.317. The molecule has 1 aliphatic carbocycles. The van der Waals surface area contributed by atoms with E-state index < -0.39 is 0 Å². The Kier molecular flexibility index (Phi) is 7.91. The van der Waals surface area contributed by atoms with E-state index in [-0.39, 0.29) is 0 Å². The Morgan fingerprint density at radius 2 is 1.62 bits per heavy atom. The molecular weight excluding hydrogens is 580 g/mol. The summed E-state index contributed by atoms with van der Waals surface area (Å²) in [5.41, 5.74) is 9.49. The van der Waals surface area contributed by atoms with Gasteiger partial charge in [-0.3, -0.25) is 4.57 Å². The third-order valence-electron chi connectivity index (χ3n) is 9.70. The minimum absolute atomic E-state index is 0.310. The highest BCUT2D eigenvalue weighted by molar-refractivity contribution is 6.09. The van der Waals surface area contributed by atoms with Crippen LogP contribution in [0.25, 0.3) is 33.3 Å². The molecule has 47 heavy (non-hydrogen) atoms. The molecule has 0 saturated carbocycles. The van der Waals surface area contributed by atoms with E-state index in [0.717, 1.165) is 61.8 Å². The quantitative estimate of drug-likeness (QED) is 0.166. The van der Waals surface area contributed by atoms with Gasteiger partial charge >= 0.3 is 0 Å². The third kappa shape index (κ3) is 5.50. The van der Waals surface area contributed by atoms with Crippen LogP contribution in [0.4, 0.5) is 0 Å². The Morgan fingerprint density at radius 1 is 0.830 bits per heavy atom. The van der Waals surface area contributed by atoms with E-state index in [9.17, 15) is 0 Å². The number of nitrogens with zero attached hydrogens (tertiary/aromatic N) is 4. The largest absolute Gasteiger partial charge is 0.497 e. The molecule has 1 aliphatic rings. The topological polar surface area (TPSA) is 54.1 Å². The number of aryl methyl sites for hydroxylation is 2. The predicted octanol–water partition coefficient (Wildman–Crippen LogP) is 10.6. The fourth-order valence-electron chi connectivity index (χ4n) is 7.95. The molecule has 0 N–H and O–H groups in total. The number of aromatic nitrogens is 4. The first-order chi connectivity index (χ1) is 22.6. The van der Waals surface area contributed by atoms with Gasteiger partial charge in [0.15, 0.2) is 0 Å². The first-order valence-electron chi connectivity index (χ1n) is 16.7. The molecule has 0 spiro atoms. The molecule has 6 aromatic rings. The summed E-state index contributed by atoms with van der Waals surface area (Å²) in [4.78, 5) is 4.71. The summed E-state index contributed by atoms with van der Waals surface area (Å²) in [6.07, 6.45) is 5.44. The lowest BCUT2D eigenvalue weighted by atomic mass is 9.71. The average molecular weight is 625 g/mol. The summed E-state index contributed by atoms with van der Waals surface area (Å²) < 4.78 is 16.5. The summed E-state index contributed by atoms with van der Waals surface area (Å²) in [6, 6.07) is 25.0. The molecule has 0 bridgehead atoms. The predicted molar refractivity (Wildman–Crippen MR) is 192 cm³/mol. The molecule has 0 fully saturated rings. The summed E-state index contributed by atoms with van der Waals surface area (Å²) >= 11 is 0. The SMILES string of the molecule is COc1ccnc(-n2c3ccccc3c3ccc(Oc4cc(C)cc(-n5nc(C)c(C6C(C)=C[C@H](C)C[C@@H]6C)c5C(C)C)c4)cc32)c1. The molecule has 7 rings (SSSR count). The van der Waals surface area contributed by atoms with Gasteiger partial charge in [0, 0.05) is 46.6 Å². The molecule has 0 amide bonds. The molecule has 3 heterocycles. The number of hydrogen-bond acceptors (Lipinski definition) is 4. The van der Waals surface area contributed by atoms with Crippen LogP contribution in [0, 0.1) is 25.7 Å². The van der Waals surface area contributed by atoms with Gasteiger partial charge in [-0.15, -0.1) is 0 Å². The monoisotopic (exact) mass is 624 g/mol. The highest BCUT2D eigenvalue weighted by Crippen LogP contribution is 2.45. The van der Waals surface area contributed by atoms with Gasteiger partial charge in [0.05, 0.1) is 35.2 Å². The van der Waals surface area contributed by atoms with Gasteiger partial charge in [0.25, 0.3) is 0 Å². The van der Waals surface area contributed by atoms with E-state index in [1.165, 1.54) is 23.3 Å². The standard InChI is InChI=1S/C41H44N4O2/c1-24(2)41-40(39-27(5)17-25(3)18-28(39)6)29(7)43-45(41)30-19-26(4)20-33(21-30)47-32-13-14-35-34-11-9-10-12-36(34)44(37(35)22-32)38-23-31(46-8)15-16-42-38/h9-17,19-25,28,39H,18H2,1-8H3/t25-,28-,39?/m0/s1. The first kappa shape index (κ1) is 30.8. The maximum absolute atomic E-state index is 6.65. The van der Waals surface area contributed by atoms with Crippen LogP contribution in [0.5, 0.6) is 17.2 Å². The minimum Gasteiger partial charge on any atom is -0.497 e. The number of para-hydroxylation sites is 1. The highest BCUT2D eigenvalue weighted by Gasteiger charge is 2.33. The van der Waals surface area contributed by atoms with Crippen LogP contribution in [0.3, 0.4) is 0 Å². The van der Waals surface area contributed by atoms with E-state index >= 15 is 0 Å². The molecule has 3 aromatic carbocycles. The molecule has 6 heteroatoms. The van der Waals surface area contributed by atoms with Crippen LogP contribution in [0.15, 0.2) is 90.6 Å². The van der Waals surface area contributed by atoms with Gasteiger partial charge in [0.2, 0.25) is 0 Å². The summed E-state index contributed by atoms with van der Waals surface area (Å²) in [5.74, 6) is 4.97. The smallest absolute Gasteiger partial charge is 0.141 e. The van der Waals surface area contributed by atoms with Gasteiger partial charge < -0.3 is 9.47 Å². The number of allylic oxidation sites excluding steroid dienone is 2. The van der Waals surface area contributed by atoms with Gasteiger partial charge in [0.1, 0.15) is 23.1 Å². The number of benzene rings is 3. The average Bonchev–Trinajstić information content (AvgIpc) is 3.55. The Balaban J connectivity index is 1.31. The van der Waals surface area contributed by atoms with Crippen LogP contribution in [0.2, 0.25) is 0 Å². The molecule has 0 aliphatic heterocycles. The lowest BCUT2D eigenvalue weighted by Gasteiger charge is -2.33. The second kappa shape index (κ2) is 12.1. The number of pyridine rings is 1. The highest BCUT2D eigenvalue weighted by atomic mass is 16.5. The van der Waals surface area contributed by atoms with E-state index in [1.54, 1.807) is 13.3 Å². The van der Waals surface area contributed by atoms with Gasteiger partial charge in [-0.25, -0.2) is 9.67 Å². The Hall–Kier alpha value is -4.84. The number of hydrogen-bond donors (Lipinski definition) is 0. The van der Waals surface area contributed by atoms with Gasteiger partial charge in [-0.1, -0.05) is 57.5 Å². The van der Waals surface area contributed by atoms with E-state index in [1.807, 2.05) is 12.1 Å². The molecule has 6 nitrogen and oxygen atoms in total. The zero-order chi connectivity index (χ0) is 33.0. The summed E-state index contributed by atoms with van der Waals surface area (Å²) in [6.45, 7) is 15.9. The van der Waals surface area contributed by atoms with Crippen molar-refractivity contribution in [3.05, 3.63) is 113 Å². The van der Waals surface area contributed by atoms with Crippen molar-refractivity contribution in [1.82, 2.24) is 19.3 Å². The number of ether oxygens (including phenoxy) is 2. The van der Waals surface area contributed by atoms with Crippen molar-refractivity contribution in [2.75, 3.05) is 7.11 Å². The molecule has 0 radical (unpaired) electrons. The van der Waals surface area contributed by atoms with Crippen LogP contribution in [-0.2, 0) is 0 Å². The molecule has 1 unspecified atom stereocenters. The van der Waals surface area contributed by atoms with Crippen molar-refractivity contribution >= 4 is 21.8 Å². The maximum Gasteiger partial charge on any atom is 0.141 e. The zero-order valence-corrected chi connectivity index (χ0v) is 28.7. The van der Waals surface area contributed by atoms with E-state index in [2.05, 4.69) is 124 Å². The van der Waals surface area contributed by atoms with Crippen LogP contribution < -0.4 is 9.47 Å². The lowest BCUT2D eigenvalue weighted by molar-refractivity contribution is 0.389. The zero-order valence-electron chi connectivity index (χ0n) is 28.7. The minimum atomic E-state index is 0.310. The number of methoxy groups -OCH3 is 1. The van der Waals surface area contributed by atoms with Crippen molar-refractivity contribution < 1.29 is 9.47 Å². The molecule has 0 saturated heterocycles. The fourth-order valence-corrected chi connectivity index (χ4v) is 7.95. The summed E-state index contributed by atoms with van der Waals surface area (Å²) in [5, 5.41) is 7.49. The van der Waals surface area contributed by atoms with E-state index in [0.29, 0.717) is 23.7 Å². The second-order valence-corrected chi connectivity index (χ2v) is 13.7. The van der Waals surface area contributed by atoms with Crippen molar-refractivity contribution in [3.63, 3.8) is 0 Å². The van der Waals surface area contributed by atoms with Crippen molar-refractivity contribution in [1.29, 1.82) is 0 Å². The molecular formula is C41H44N4O2. The lowest BCUT2D eigenvalue weighted by Crippen LogP contribution is -2.21. The molecule has 240 valence electrons. The molecule has 3 atom stereocenters. The Bertz CT molecular complexity index is 2150.